The van der Waals surface area contributed by atoms with Crippen LogP contribution < -0.4 is 5.32 Å². The molecule has 0 aromatic heterocycles. The fourth-order valence-electron chi connectivity index (χ4n) is 0.589. The molecule has 0 aromatic rings. The van der Waals surface area contributed by atoms with Gasteiger partial charge in [-0.2, -0.15) is 0 Å². The summed E-state index contributed by atoms with van der Waals surface area (Å²) in [6.45, 7) is 5.70. The monoisotopic (exact) mass is 85.1 g/mol. The van der Waals surface area contributed by atoms with Crippen molar-refractivity contribution in [1.29, 1.82) is 0 Å². The van der Waals surface area contributed by atoms with E-state index in [0.29, 0.717) is 0 Å². The number of rotatable bonds is 0. The van der Waals surface area contributed by atoms with Gasteiger partial charge in [0.15, 0.2) is 0 Å². The molecule has 0 amide bonds. The van der Waals surface area contributed by atoms with Gasteiger partial charge in [0.2, 0.25) is 0 Å². The molecule has 1 heteroatoms. The Morgan fingerprint density at radius 1 is 1.50 bits per heavy atom. The Morgan fingerprint density at radius 2 is 2.00 bits per heavy atom. The van der Waals surface area contributed by atoms with Crippen molar-refractivity contribution in [1.82, 2.24) is 5.32 Å². The zero-order valence-corrected chi connectivity index (χ0v) is 4.36. The Bertz CT molecular complexity index is 43.9. The number of hydrogen-bond donors (Lipinski definition) is 1. The van der Waals surface area contributed by atoms with Gasteiger partial charge in [-0.25, -0.2) is 0 Å². The van der Waals surface area contributed by atoms with Crippen LogP contribution in [0, 0.1) is 5.92 Å². The molecule has 1 aliphatic rings. The lowest BCUT2D eigenvalue weighted by atomic mass is 9.96. The molecule has 1 heterocycles. The van der Waals surface area contributed by atoms with Crippen molar-refractivity contribution in [3.63, 3.8) is 0 Å². The van der Waals surface area contributed by atoms with Crippen LogP contribution in [0.15, 0.2) is 0 Å². The van der Waals surface area contributed by atoms with Gasteiger partial charge in [-0.3, -0.25) is 0 Å². The Hall–Kier alpha value is -0.0400. The highest BCUT2D eigenvalue weighted by Crippen LogP contribution is 2.08. The molecular weight excluding hydrogens is 74.1 g/mol. The summed E-state index contributed by atoms with van der Waals surface area (Å²) in [6.07, 6.45) is 0. The summed E-state index contributed by atoms with van der Waals surface area (Å²) < 4.78 is 0. The SMILES string of the molecule is C[C@H]1CN[C@@H]1C. The first-order valence-electron chi connectivity index (χ1n) is 2.54. The number of nitrogens with one attached hydrogen (secondary N) is 1. The predicted octanol–water partition coefficient (Wildman–Crippen LogP) is 0.614. The highest BCUT2D eigenvalue weighted by Gasteiger charge is 2.19. The summed E-state index contributed by atoms with van der Waals surface area (Å²) in [5.41, 5.74) is 0. The predicted molar refractivity (Wildman–Crippen MR) is 26.6 cm³/mol. The lowest BCUT2D eigenvalue weighted by molar-refractivity contribution is 0.274. The van der Waals surface area contributed by atoms with Gasteiger partial charge < -0.3 is 5.32 Å². The maximum Gasteiger partial charge on any atom is 0.00765 e. The van der Waals surface area contributed by atoms with Crippen molar-refractivity contribution >= 4 is 0 Å². The standard InChI is InChI=1S/C5H11N/c1-4-3-6-5(4)2/h4-6H,3H2,1-2H3/t4-,5+/m0/s1. The van der Waals surface area contributed by atoms with E-state index in [0.717, 1.165) is 12.0 Å². The van der Waals surface area contributed by atoms with Gasteiger partial charge in [0.05, 0.1) is 0 Å². The minimum absolute atomic E-state index is 0.782. The van der Waals surface area contributed by atoms with Gasteiger partial charge in [-0.1, -0.05) is 6.92 Å². The van der Waals surface area contributed by atoms with Gasteiger partial charge in [-0.15, -0.1) is 0 Å². The molecule has 2 atom stereocenters. The van der Waals surface area contributed by atoms with E-state index in [1.807, 2.05) is 0 Å². The molecule has 0 aliphatic carbocycles. The third kappa shape index (κ3) is 0.432. The molecule has 1 nitrogen and oxygen atoms in total. The second-order valence-corrected chi connectivity index (χ2v) is 2.17. The molecule has 0 spiro atoms. The Labute approximate surface area is 38.7 Å². The average molecular weight is 85.1 g/mol. The Kier molecular flexibility index (Phi) is 0.845. The molecule has 0 bridgehead atoms. The minimum atomic E-state index is 0.782. The lowest BCUT2D eigenvalue weighted by Gasteiger charge is -2.31. The molecule has 1 rings (SSSR count). The summed E-state index contributed by atoms with van der Waals surface area (Å²) in [5, 5.41) is 3.26. The van der Waals surface area contributed by atoms with E-state index < -0.39 is 0 Å². The first-order valence-corrected chi connectivity index (χ1v) is 2.54. The molecule has 1 saturated heterocycles. The Morgan fingerprint density at radius 3 is 2.00 bits per heavy atom. The van der Waals surface area contributed by atoms with Crippen molar-refractivity contribution < 1.29 is 0 Å². The second-order valence-electron chi connectivity index (χ2n) is 2.17. The molecule has 0 saturated carbocycles. The summed E-state index contributed by atoms with van der Waals surface area (Å²) in [6, 6.07) is 0.782. The van der Waals surface area contributed by atoms with Crippen molar-refractivity contribution in [3.05, 3.63) is 0 Å². The van der Waals surface area contributed by atoms with Crippen LogP contribution in [-0.2, 0) is 0 Å². The second kappa shape index (κ2) is 1.23. The number of hydrogen-bond acceptors (Lipinski definition) is 1. The van der Waals surface area contributed by atoms with Crippen LogP contribution in [0.5, 0.6) is 0 Å². The summed E-state index contributed by atoms with van der Waals surface area (Å²) >= 11 is 0. The van der Waals surface area contributed by atoms with Crippen LogP contribution in [-0.4, -0.2) is 12.6 Å². The molecule has 0 unspecified atom stereocenters. The molecule has 0 aromatic carbocycles. The van der Waals surface area contributed by atoms with E-state index in [4.69, 9.17) is 0 Å². The quantitative estimate of drug-likeness (QED) is 0.454. The smallest absolute Gasteiger partial charge is 0.00765 e. The molecule has 1 aliphatic heterocycles. The fourth-order valence-corrected chi connectivity index (χ4v) is 0.589. The lowest BCUT2D eigenvalue weighted by Crippen LogP contribution is -2.49. The summed E-state index contributed by atoms with van der Waals surface area (Å²) in [7, 11) is 0. The van der Waals surface area contributed by atoms with E-state index in [-0.39, 0.29) is 0 Å². The van der Waals surface area contributed by atoms with E-state index >= 15 is 0 Å². The van der Waals surface area contributed by atoms with Crippen molar-refractivity contribution in [2.24, 2.45) is 5.92 Å². The van der Waals surface area contributed by atoms with Gasteiger partial charge in [-0.05, 0) is 19.4 Å². The van der Waals surface area contributed by atoms with Gasteiger partial charge >= 0.3 is 0 Å². The maximum atomic E-state index is 3.26. The van der Waals surface area contributed by atoms with Crippen molar-refractivity contribution in [2.75, 3.05) is 6.54 Å². The molecule has 1 fully saturated rings. The van der Waals surface area contributed by atoms with Crippen LogP contribution in [0.25, 0.3) is 0 Å². The van der Waals surface area contributed by atoms with Crippen LogP contribution in [0.2, 0.25) is 0 Å². The summed E-state index contributed by atoms with van der Waals surface area (Å²) in [5.74, 6) is 0.921. The van der Waals surface area contributed by atoms with Crippen molar-refractivity contribution in [3.8, 4) is 0 Å². The Balaban J connectivity index is 2.20. The van der Waals surface area contributed by atoms with Gasteiger partial charge in [0.25, 0.3) is 0 Å². The largest absolute Gasteiger partial charge is 0.314 e. The van der Waals surface area contributed by atoms with Crippen LogP contribution in [0.4, 0.5) is 0 Å². The zero-order chi connectivity index (χ0) is 4.57. The first-order chi connectivity index (χ1) is 2.80. The van der Waals surface area contributed by atoms with E-state index in [1.54, 1.807) is 0 Å². The van der Waals surface area contributed by atoms with Crippen LogP contribution in [0.1, 0.15) is 13.8 Å². The zero-order valence-electron chi connectivity index (χ0n) is 4.36. The van der Waals surface area contributed by atoms with E-state index in [9.17, 15) is 0 Å². The third-order valence-corrected chi connectivity index (χ3v) is 1.62. The highest BCUT2D eigenvalue weighted by molar-refractivity contribution is 4.79. The summed E-state index contributed by atoms with van der Waals surface area (Å²) in [4.78, 5) is 0. The van der Waals surface area contributed by atoms with Crippen LogP contribution in [0.3, 0.4) is 0 Å². The third-order valence-electron chi connectivity index (χ3n) is 1.62. The van der Waals surface area contributed by atoms with E-state index in [2.05, 4.69) is 19.2 Å². The molecule has 1 N–H and O–H groups in total. The molecular formula is C5H11N. The topological polar surface area (TPSA) is 12.0 Å². The van der Waals surface area contributed by atoms with Crippen molar-refractivity contribution in [2.45, 2.75) is 19.9 Å². The van der Waals surface area contributed by atoms with Crippen LogP contribution >= 0.6 is 0 Å². The first kappa shape index (κ1) is 4.13. The normalized spacial score (nSPS) is 45.0. The molecule has 6 heavy (non-hydrogen) atoms. The van der Waals surface area contributed by atoms with Gasteiger partial charge in [0, 0.05) is 6.04 Å². The minimum Gasteiger partial charge on any atom is -0.314 e. The molecule has 0 radical (unpaired) electrons. The average Bonchev–Trinajstić information content (AvgIpc) is 1.61. The fraction of sp³-hybridized carbons (Fsp3) is 1.00. The maximum absolute atomic E-state index is 3.26. The van der Waals surface area contributed by atoms with Gasteiger partial charge in [0.1, 0.15) is 0 Å². The highest BCUT2D eigenvalue weighted by atomic mass is 15.0. The van der Waals surface area contributed by atoms with E-state index in [1.165, 1.54) is 6.54 Å². The molecule has 36 valence electrons.